The summed E-state index contributed by atoms with van der Waals surface area (Å²) in [5.74, 6) is 0.488. The number of amides is 2. The third-order valence-electron chi connectivity index (χ3n) is 5.72. The molecule has 0 radical (unpaired) electrons. The maximum absolute atomic E-state index is 12.5. The van der Waals surface area contributed by atoms with Crippen LogP contribution in [0.3, 0.4) is 0 Å². The van der Waals surface area contributed by atoms with E-state index in [9.17, 15) is 9.59 Å². The number of likely N-dealkylation sites (tertiary alicyclic amines) is 1. The van der Waals surface area contributed by atoms with Crippen LogP contribution in [0.4, 0.5) is 5.69 Å². The lowest BCUT2D eigenvalue weighted by Crippen LogP contribution is -3.08. The largest absolute Gasteiger partial charge is 0.352 e. The molecule has 0 atom stereocenters. The number of hydrogen-bond acceptors (Lipinski definition) is 3. The van der Waals surface area contributed by atoms with Crippen molar-refractivity contribution in [2.45, 2.75) is 37.2 Å². The van der Waals surface area contributed by atoms with Gasteiger partial charge >= 0.3 is 0 Å². The van der Waals surface area contributed by atoms with Gasteiger partial charge in [0.25, 0.3) is 0 Å². The lowest BCUT2D eigenvalue weighted by molar-refractivity contribution is -0.901. The summed E-state index contributed by atoms with van der Waals surface area (Å²) in [6.07, 6.45) is 2.93. The molecule has 2 aliphatic heterocycles. The van der Waals surface area contributed by atoms with Crippen molar-refractivity contribution in [1.82, 2.24) is 5.32 Å². The maximum atomic E-state index is 12.5. The maximum Gasteiger partial charge on any atom is 0.237 e. The first kappa shape index (κ1) is 20.0. The van der Waals surface area contributed by atoms with Crippen LogP contribution in [0.25, 0.3) is 0 Å². The van der Waals surface area contributed by atoms with E-state index >= 15 is 0 Å². The molecule has 2 heterocycles. The van der Waals surface area contributed by atoms with E-state index in [1.54, 1.807) is 21.6 Å². The molecule has 152 valence electrons. The van der Waals surface area contributed by atoms with Crippen molar-refractivity contribution in [3.05, 3.63) is 59.7 Å². The van der Waals surface area contributed by atoms with Crippen molar-refractivity contribution >= 4 is 29.3 Å². The SMILES string of the molecule is O=C(CCN1C(=O)CSc2ccccc21)NCc1ccccc1C[NH+]1CCCC1. The van der Waals surface area contributed by atoms with Crippen LogP contribution in [0.1, 0.15) is 30.4 Å². The molecule has 6 heteroatoms. The van der Waals surface area contributed by atoms with Gasteiger partial charge in [0.2, 0.25) is 11.8 Å². The lowest BCUT2D eigenvalue weighted by Gasteiger charge is -2.28. The molecule has 4 rings (SSSR count). The van der Waals surface area contributed by atoms with Gasteiger partial charge in [0.15, 0.2) is 0 Å². The lowest BCUT2D eigenvalue weighted by atomic mass is 10.1. The predicted molar refractivity (Wildman–Crippen MR) is 116 cm³/mol. The van der Waals surface area contributed by atoms with E-state index in [1.807, 2.05) is 30.3 Å². The highest BCUT2D eigenvalue weighted by atomic mass is 32.2. The predicted octanol–water partition coefficient (Wildman–Crippen LogP) is 2.01. The molecule has 0 aliphatic carbocycles. The number of nitrogens with one attached hydrogen (secondary N) is 2. The second kappa shape index (κ2) is 9.46. The minimum absolute atomic E-state index is 0.0168. The first-order chi connectivity index (χ1) is 14.2. The third kappa shape index (κ3) is 5.00. The molecular formula is C23H28N3O2S+. The summed E-state index contributed by atoms with van der Waals surface area (Å²) in [6.45, 7) is 4.47. The summed E-state index contributed by atoms with van der Waals surface area (Å²) in [5.41, 5.74) is 3.43. The quantitative estimate of drug-likeness (QED) is 0.734. The number of hydrogen-bond donors (Lipinski definition) is 2. The summed E-state index contributed by atoms with van der Waals surface area (Å²) in [7, 11) is 0. The number of fused-ring (bicyclic) bond motifs is 1. The van der Waals surface area contributed by atoms with E-state index in [0.717, 1.165) is 17.1 Å². The summed E-state index contributed by atoms with van der Waals surface area (Å²) in [5, 5.41) is 3.05. The Labute approximate surface area is 176 Å². The Balaban J connectivity index is 1.31. The van der Waals surface area contributed by atoms with Crippen LogP contribution in [0.15, 0.2) is 53.4 Å². The molecule has 29 heavy (non-hydrogen) atoms. The van der Waals surface area contributed by atoms with E-state index in [0.29, 0.717) is 25.3 Å². The van der Waals surface area contributed by atoms with Crippen LogP contribution in [0.5, 0.6) is 0 Å². The molecule has 0 aromatic heterocycles. The molecule has 5 nitrogen and oxygen atoms in total. The van der Waals surface area contributed by atoms with E-state index < -0.39 is 0 Å². The zero-order valence-corrected chi connectivity index (χ0v) is 17.5. The van der Waals surface area contributed by atoms with Crippen LogP contribution < -0.4 is 15.1 Å². The summed E-state index contributed by atoms with van der Waals surface area (Å²) in [6, 6.07) is 16.3. The molecule has 2 aromatic carbocycles. The number of carbonyl (C=O) groups is 2. The minimum atomic E-state index is -0.0168. The highest BCUT2D eigenvalue weighted by Crippen LogP contribution is 2.34. The topological polar surface area (TPSA) is 53.9 Å². The third-order valence-corrected chi connectivity index (χ3v) is 6.76. The zero-order valence-electron chi connectivity index (χ0n) is 16.7. The number of para-hydroxylation sites is 1. The fourth-order valence-electron chi connectivity index (χ4n) is 4.12. The Hall–Kier alpha value is -2.31. The van der Waals surface area contributed by atoms with Crippen molar-refractivity contribution < 1.29 is 14.5 Å². The highest BCUT2D eigenvalue weighted by Gasteiger charge is 2.24. The second-order valence-electron chi connectivity index (χ2n) is 7.73. The first-order valence-electron chi connectivity index (χ1n) is 10.4. The van der Waals surface area contributed by atoms with Gasteiger partial charge in [-0.1, -0.05) is 36.4 Å². The van der Waals surface area contributed by atoms with Gasteiger partial charge in [0.1, 0.15) is 6.54 Å². The zero-order chi connectivity index (χ0) is 20.1. The van der Waals surface area contributed by atoms with Gasteiger partial charge in [0.05, 0.1) is 24.5 Å². The number of carbonyl (C=O) groups excluding carboxylic acids is 2. The highest BCUT2D eigenvalue weighted by molar-refractivity contribution is 8.00. The van der Waals surface area contributed by atoms with Crippen molar-refractivity contribution in [3.63, 3.8) is 0 Å². The normalized spacial score (nSPS) is 16.7. The molecule has 0 unspecified atom stereocenters. The number of rotatable bonds is 7. The van der Waals surface area contributed by atoms with Crippen molar-refractivity contribution in [1.29, 1.82) is 0 Å². The fourth-order valence-corrected chi connectivity index (χ4v) is 5.05. The van der Waals surface area contributed by atoms with E-state index in [1.165, 1.54) is 37.1 Å². The molecular weight excluding hydrogens is 382 g/mol. The Morgan fingerprint density at radius 1 is 1.03 bits per heavy atom. The number of quaternary nitrogens is 1. The van der Waals surface area contributed by atoms with Gasteiger partial charge < -0.3 is 15.1 Å². The summed E-state index contributed by atoms with van der Waals surface area (Å²) < 4.78 is 0. The van der Waals surface area contributed by atoms with Gasteiger partial charge in [-0.15, -0.1) is 11.8 Å². The van der Waals surface area contributed by atoms with E-state index in [-0.39, 0.29) is 11.8 Å². The molecule has 1 fully saturated rings. The van der Waals surface area contributed by atoms with Crippen molar-refractivity contribution in [2.75, 3.05) is 30.3 Å². The molecule has 1 saturated heterocycles. The minimum Gasteiger partial charge on any atom is -0.352 e. The van der Waals surface area contributed by atoms with Gasteiger partial charge in [-0.3, -0.25) is 9.59 Å². The van der Waals surface area contributed by atoms with Gasteiger partial charge in [-0.2, -0.15) is 0 Å². The Morgan fingerprint density at radius 2 is 1.76 bits per heavy atom. The standard InChI is InChI=1S/C23H27N3O2S/c27-22(11-14-26-20-9-3-4-10-21(20)29-17-23(26)28)24-15-18-7-1-2-8-19(18)16-25-12-5-6-13-25/h1-4,7-10H,5-6,11-17H2,(H,24,27)/p+1. The molecule has 2 aromatic rings. The van der Waals surface area contributed by atoms with Crippen LogP contribution in [-0.2, 0) is 22.7 Å². The number of anilines is 1. The molecule has 2 N–H and O–H groups in total. The van der Waals surface area contributed by atoms with Gasteiger partial charge in [-0.05, 0) is 17.7 Å². The number of thioether (sulfide) groups is 1. The average Bonchev–Trinajstić information content (AvgIpc) is 3.25. The van der Waals surface area contributed by atoms with Gasteiger partial charge in [0, 0.05) is 42.8 Å². The Bertz CT molecular complexity index is 880. The summed E-state index contributed by atoms with van der Waals surface area (Å²) in [4.78, 5) is 29.3. The average molecular weight is 411 g/mol. The fraction of sp³-hybridized carbons (Fsp3) is 0.391. The molecule has 2 aliphatic rings. The second-order valence-corrected chi connectivity index (χ2v) is 8.75. The van der Waals surface area contributed by atoms with Gasteiger partial charge in [-0.25, -0.2) is 0 Å². The first-order valence-corrected chi connectivity index (χ1v) is 11.4. The Morgan fingerprint density at radius 3 is 2.59 bits per heavy atom. The van der Waals surface area contributed by atoms with E-state index in [2.05, 4.69) is 23.5 Å². The van der Waals surface area contributed by atoms with Crippen LogP contribution >= 0.6 is 11.8 Å². The van der Waals surface area contributed by atoms with Crippen molar-refractivity contribution in [2.24, 2.45) is 0 Å². The van der Waals surface area contributed by atoms with Crippen LogP contribution in [0, 0.1) is 0 Å². The molecule has 0 bridgehead atoms. The Kier molecular flexibility index (Phi) is 6.52. The molecule has 2 amide bonds. The molecule has 0 spiro atoms. The van der Waals surface area contributed by atoms with Crippen LogP contribution in [-0.4, -0.2) is 37.2 Å². The smallest absolute Gasteiger partial charge is 0.237 e. The monoisotopic (exact) mass is 410 g/mol. The van der Waals surface area contributed by atoms with E-state index in [4.69, 9.17) is 0 Å². The number of benzene rings is 2. The number of nitrogens with zero attached hydrogens (tertiary/aromatic N) is 1. The van der Waals surface area contributed by atoms with Crippen molar-refractivity contribution in [3.8, 4) is 0 Å². The van der Waals surface area contributed by atoms with Crippen LogP contribution in [0.2, 0.25) is 0 Å². The molecule has 0 saturated carbocycles. The summed E-state index contributed by atoms with van der Waals surface area (Å²) >= 11 is 1.56.